The maximum atomic E-state index is 13.1. The van der Waals surface area contributed by atoms with E-state index in [2.05, 4.69) is 5.32 Å². The molecule has 0 aliphatic heterocycles. The van der Waals surface area contributed by atoms with E-state index in [0.717, 1.165) is 33.5 Å². The predicted molar refractivity (Wildman–Crippen MR) is 108 cm³/mol. The Morgan fingerprint density at radius 3 is 2.43 bits per heavy atom. The molecule has 5 heteroatoms. The molecular formula is C23H20FN3O. The first-order chi connectivity index (χ1) is 13.5. The summed E-state index contributed by atoms with van der Waals surface area (Å²) in [6.07, 6.45) is 1.84. The van der Waals surface area contributed by atoms with E-state index < -0.39 is 0 Å². The number of aryl methyl sites for hydroxylation is 2. The summed E-state index contributed by atoms with van der Waals surface area (Å²) in [5, 5.41) is 2.88. The first kappa shape index (κ1) is 17.9. The lowest BCUT2D eigenvalue weighted by Crippen LogP contribution is -2.25. The van der Waals surface area contributed by atoms with Crippen molar-refractivity contribution >= 4 is 11.4 Å². The molecule has 0 unspecified atom stereocenters. The molecule has 0 atom stereocenters. The largest absolute Gasteiger partial charge is 0.345 e. The molecule has 0 bridgehead atoms. The molecule has 0 saturated carbocycles. The molecule has 1 amide bonds. The van der Waals surface area contributed by atoms with Crippen molar-refractivity contribution in [2.75, 3.05) is 0 Å². The Bertz CT molecular complexity index is 1140. The van der Waals surface area contributed by atoms with Gasteiger partial charge in [0.15, 0.2) is 0 Å². The van der Waals surface area contributed by atoms with E-state index in [1.54, 1.807) is 16.5 Å². The number of carbonyl (C=O) groups is 1. The van der Waals surface area contributed by atoms with Crippen LogP contribution in [0.4, 0.5) is 4.39 Å². The van der Waals surface area contributed by atoms with E-state index in [1.807, 2.05) is 56.4 Å². The molecule has 140 valence electrons. The molecule has 28 heavy (non-hydrogen) atoms. The Labute approximate surface area is 162 Å². The molecule has 0 saturated heterocycles. The van der Waals surface area contributed by atoms with Gasteiger partial charge in [0.25, 0.3) is 5.91 Å². The number of hydrogen-bond acceptors (Lipinski definition) is 2. The van der Waals surface area contributed by atoms with Crippen LogP contribution in [0.1, 0.15) is 27.3 Å². The zero-order valence-electron chi connectivity index (χ0n) is 15.7. The highest BCUT2D eigenvalue weighted by atomic mass is 19.1. The summed E-state index contributed by atoms with van der Waals surface area (Å²) >= 11 is 0. The van der Waals surface area contributed by atoms with Gasteiger partial charge in [-0.15, -0.1) is 0 Å². The second kappa shape index (κ2) is 7.27. The highest BCUT2D eigenvalue weighted by Crippen LogP contribution is 2.30. The highest BCUT2D eigenvalue weighted by Gasteiger charge is 2.20. The second-order valence-electron chi connectivity index (χ2n) is 6.82. The minimum atomic E-state index is -0.299. The van der Waals surface area contributed by atoms with Gasteiger partial charge in [-0.1, -0.05) is 36.4 Å². The predicted octanol–water partition coefficient (Wildman–Crippen LogP) is 4.69. The molecule has 4 aromatic rings. The summed E-state index contributed by atoms with van der Waals surface area (Å²) in [5.74, 6) is -0.244. The van der Waals surface area contributed by atoms with E-state index in [-0.39, 0.29) is 11.7 Å². The van der Waals surface area contributed by atoms with Crippen LogP contribution in [0.25, 0.3) is 16.8 Å². The Balaban J connectivity index is 1.72. The van der Waals surface area contributed by atoms with Crippen LogP contribution >= 0.6 is 0 Å². The number of carbonyl (C=O) groups excluding carboxylic acids is 1. The average molecular weight is 373 g/mol. The monoisotopic (exact) mass is 373 g/mol. The van der Waals surface area contributed by atoms with Crippen molar-refractivity contribution in [3.63, 3.8) is 0 Å². The lowest BCUT2D eigenvalue weighted by atomic mass is 9.99. The molecule has 0 aliphatic rings. The van der Waals surface area contributed by atoms with Gasteiger partial charge in [-0.2, -0.15) is 0 Å². The maximum absolute atomic E-state index is 13.1. The fourth-order valence-electron chi connectivity index (χ4n) is 3.43. The summed E-state index contributed by atoms with van der Waals surface area (Å²) in [4.78, 5) is 17.5. The van der Waals surface area contributed by atoms with E-state index in [1.165, 1.54) is 12.1 Å². The quantitative estimate of drug-likeness (QED) is 0.564. The number of hydrogen-bond donors (Lipinski definition) is 1. The van der Waals surface area contributed by atoms with Crippen LogP contribution in [-0.2, 0) is 6.54 Å². The molecule has 2 heterocycles. The van der Waals surface area contributed by atoms with Crippen molar-refractivity contribution in [3.05, 3.63) is 95.2 Å². The van der Waals surface area contributed by atoms with Crippen LogP contribution in [-0.4, -0.2) is 15.3 Å². The number of pyridine rings is 1. The number of fused-ring (bicyclic) bond motifs is 1. The second-order valence-corrected chi connectivity index (χ2v) is 6.82. The normalized spacial score (nSPS) is 11.0. The Kier molecular flexibility index (Phi) is 4.65. The molecule has 0 aliphatic carbocycles. The minimum Gasteiger partial charge on any atom is -0.345 e. The molecule has 4 nitrogen and oxygen atoms in total. The zero-order valence-corrected chi connectivity index (χ0v) is 15.7. The smallest absolute Gasteiger partial charge is 0.287 e. The summed E-state index contributed by atoms with van der Waals surface area (Å²) in [7, 11) is 0. The van der Waals surface area contributed by atoms with Crippen LogP contribution in [0.15, 0.2) is 66.9 Å². The fourth-order valence-corrected chi connectivity index (χ4v) is 3.43. The molecule has 2 aromatic carbocycles. The number of nitrogens with one attached hydrogen (secondary N) is 1. The standard InChI is InChI=1S/C23H20FN3O/c1-15-6-5-7-16(2)20(15)21-19-8-3-4-13-27(19)22(26-21)23(28)25-14-17-9-11-18(24)12-10-17/h3-13H,14H2,1-2H3,(H,25,28). The highest BCUT2D eigenvalue weighted by molar-refractivity contribution is 5.95. The van der Waals surface area contributed by atoms with Gasteiger partial charge in [-0.25, -0.2) is 9.37 Å². The van der Waals surface area contributed by atoms with Gasteiger partial charge in [0.1, 0.15) is 5.82 Å². The Morgan fingerprint density at radius 1 is 1.00 bits per heavy atom. The molecule has 2 aromatic heterocycles. The number of nitrogens with zero attached hydrogens (tertiary/aromatic N) is 2. The third kappa shape index (κ3) is 3.27. The number of halogens is 1. The van der Waals surface area contributed by atoms with Gasteiger partial charge in [-0.05, 0) is 54.8 Å². The van der Waals surface area contributed by atoms with Gasteiger partial charge < -0.3 is 5.32 Å². The van der Waals surface area contributed by atoms with Crippen LogP contribution < -0.4 is 5.32 Å². The average Bonchev–Trinajstić information content (AvgIpc) is 3.07. The van der Waals surface area contributed by atoms with Crippen molar-refractivity contribution in [2.45, 2.75) is 20.4 Å². The minimum absolute atomic E-state index is 0.275. The number of amides is 1. The Hall–Kier alpha value is -3.47. The molecule has 0 spiro atoms. The molecule has 0 radical (unpaired) electrons. The first-order valence-electron chi connectivity index (χ1n) is 9.11. The third-order valence-electron chi connectivity index (χ3n) is 4.84. The molecule has 0 fully saturated rings. The lowest BCUT2D eigenvalue weighted by molar-refractivity contribution is 0.0940. The summed E-state index contributed by atoms with van der Waals surface area (Å²) in [6, 6.07) is 18.0. The SMILES string of the molecule is Cc1cccc(C)c1-c1nc(C(=O)NCc2ccc(F)cc2)n2ccccc12. The van der Waals surface area contributed by atoms with Crippen LogP contribution in [0.2, 0.25) is 0 Å². The Morgan fingerprint density at radius 2 is 1.71 bits per heavy atom. The van der Waals surface area contributed by atoms with Crippen molar-refractivity contribution in [1.82, 2.24) is 14.7 Å². The molecule has 4 rings (SSSR count). The number of imidazole rings is 1. The van der Waals surface area contributed by atoms with Gasteiger partial charge in [-0.3, -0.25) is 9.20 Å². The number of benzene rings is 2. The van der Waals surface area contributed by atoms with Gasteiger partial charge in [0.05, 0.1) is 11.2 Å². The van der Waals surface area contributed by atoms with E-state index in [9.17, 15) is 9.18 Å². The fraction of sp³-hybridized carbons (Fsp3) is 0.130. The first-order valence-corrected chi connectivity index (χ1v) is 9.11. The van der Waals surface area contributed by atoms with Crippen molar-refractivity contribution in [3.8, 4) is 11.3 Å². The number of rotatable bonds is 4. The van der Waals surface area contributed by atoms with Gasteiger partial charge >= 0.3 is 0 Å². The molecular weight excluding hydrogens is 353 g/mol. The van der Waals surface area contributed by atoms with Gasteiger partial charge in [0, 0.05) is 18.3 Å². The van der Waals surface area contributed by atoms with Crippen molar-refractivity contribution in [1.29, 1.82) is 0 Å². The van der Waals surface area contributed by atoms with Crippen molar-refractivity contribution in [2.24, 2.45) is 0 Å². The third-order valence-corrected chi connectivity index (χ3v) is 4.84. The number of aromatic nitrogens is 2. The summed E-state index contributed by atoms with van der Waals surface area (Å²) in [6.45, 7) is 4.40. The lowest BCUT2D eigenvalue weighted by Gasteiger charge is -2.07. The summed E-state index contributed by atoms with van der Waals surface area (Å²) in [5.41, 5.74) is 5.77. The van der Waals surface area contributed by atoms with Crippen molar-refractivity contribution < 1.29 is 9.18 Å². The van der Waals surface area contributed by atoms with Gasteiger partial charge in [0.2, 0.25) is 5.82 Å². The van der Waals surface area contributed by atoms with E-state index >= 15 is 0 Å². The van der Waals surface area contributed by atoms with E-state index in [0.29, 0.717) is 12.4 Å². The molecule has 1 N–H and O–H groups in total. The topological polar surface area (TPSA) is 46.4 Å². The zero-order chi connectivity index (χ0) is 19.7. The maximum Gasteiger partial charge on any atom is 0.287 e. The summed E-state index contributed by atoms with van der Waals surface area (Å²) < 4.78 is 14.9. The van der Waals surface area contributed by atoms with Crippen LogP contribution in [0, 0.1) is 19.7 Å². The van der Waals surface area contributed by atoms with E-state index in [4.69, 9.17) is 4.98 Å². The van der Waals surface area contributed by atoms with Crippen LogP contribution in [0.5, 0.6) is 0 Å². The van der Waals surface area contributed by atoms with Crippen LogP contribution in [0.3, 0.4) is 0 Å².